The van der Waals surface area contributed by atoms with E-state index in [4.69, 9.17) is 0 Å². The Bertz CT molecular complexity index is 968. The largest absolute Gasteiger partial charge is 0.367 e. The molecule has 0 aliphatic carbocycles. The lowest BCUT2D eigenvalue weighted by atomic mass is 9.82. The molecule has 2 heterocycles. The van der Waals surface area contributed by atoms with E-state index in [0.717, 1.165) is 18.7 Å². The number of nitrogens with one attached hydrogen (secondary N) is 2. The van der Waals surface area contributed by atoms with Crippen molar-refractivity contribution in [1.29, 1.82) is 0 Å². The van der Waals surface area contributed by atoms with Crippen molar-refractivity contribution in [3.8, 4) is 0 Å². The smallest absolute Gasteiger partial charge is 0.123 e. The van der Waals surface area contributed by atoms with Crippen LogP contribution < -0.4 is 15.8 Å². The second-order valence-electron chi connectivity index (χ2n) is 7.88. The molecule has 2 N–H and O–H groups in total. The van der Waals surface area contributed by atoms with Crippen LogP contribution in [-0.2, 0) is 6.54 Å². The van der Waals surface area contributed by atoms with Crippen LogP contribution >= 0.6 is 0 Å². The van der Waals surface area contributed by atoms with E-state index in [1.807, 2.05) is 12.1 Å². The maximum absolute atomic E-state index is 13.3. The molecule has 0 bridgehead atoms. The molecule has 142 valence electrons. The first-order chi connectivity index (χ1) is 13.7. The Kier molecular flexibility index (Phi) is 4.38. The molecule has 3 atom stereocenters. The highest BCUT2D eigenvalue weighted by Crippen LogP contribution is 2.45. The standard InChI is InChI=1S/C24H24FN3/c1-16-6-10-18(11-7-16)23-21-15-28(14-17-8-12-19(25)13-9-17)22-5-3-2-4-20(22)24(21)27-26-23/h2-13,21,23-24,26-27H,14-15H2,1H3. The van der Waals surface area contributed by atoms with Crippen molar-refractivity contribution >= 4 is 5.69 Å². The molecule has 1 saturated heterocycles. The number of anilines is 1. The summed E-state index contributed by atoms with van der Waals surface area (Å²) in [5.74, 6) is 0.226. The van der Waals surface area contributed by atoms with Gasteiger partial charge in [-0.2, -0.15) is 0 Å². The number of hydrazine groups is 1. The van der Waals surface area contributed by atoms with Crippen LogP contribution in [0, 0.1) is 18.7 Å². The number of halogens is 1. The second-order valence-corrected chi connectivity index (χ2v) is 7.88. The predicted octanol–water partition coefficient (Wildman–Crippen LogP) is 4.66. The van der Waals surface area contributed by atoms with Crippen LogP contribution in [0.5, 0.6) is 0 Å². The molecular weight excluding hydrogens is 349 g/mol. The minimum absolute atomic E-state index is 0.188. The molecule has 0 amide bonds. The lowest BCUT2D eigenvalue weighted by molar-refractivity contribution is 0.402. The topological polar surface area (TPSA) is 27.3 Å². The zero-order valence-electron chi connectivity index (χ0n) is 15.9. The minimum atomic E-state index is -0.188. The van der Waals surface area contributed by atoms with E-state index in [1.165, 1.54) is 22.4 Å². The normalized spacial score (nSPS) is 23.4. The Labute approximate surface area is 165 Å². The first-order valence-electron chi connectivity index (χ1n) is 9.85. The van der Waals surface area contributed by atoms with Crippen molar-refractivity contribution < 1.29 is 4.39 Å². The summed E-state index contributed by atoms with van der Waals surface area (Å²) in [5, 5.41) is 0. The summed E-state index contributed by atoms with van der Waals surface area (Å²) < 4.78 is 13.3. The van der Waals surface area contributed by atoms with E-state index in [2.05, 4.69) is 71.2 Å². The average molecular weight is 373 g/mol. The minimum Gasteiger partial charge on any atom is -0.367 e. The molecule has 3 aromatic rings. The van der Waals surface area contributed by atoms with Crippen molar-refractivity contribution in [3.63, 3.8) is 0 Å². The third kappa shape index (κ3) is 3.09. The zero-order chi connectivity index (χ0) is 19.1. The van der Waals surface area contributed by atoms with Crippen molar-refractivity contribution in [2.24, 2.45) is 5.92 Å². The van der Waals surface area contributed by atoms with Crippen LogP contribution in [-0.4, -0.2) is 6.54 Å². The molecule has 0 aromatic heterocycles. The van der Waals surface area contributed by atoms with Gasteiger partial charge in [-0.3, -0.25) is 0 Å². The summed E-state index contributed by atoms with van der Waals surface area (Å²) in [7, 11) is 0. The van der Waals surface area contributed by atoms with E-state index in [9.17, 15) is 4.39 Å². The van der Waals surface area contributed by atoms with Crippen molar-refractivity contribution in [2.45, 2.75) is 25.6 Å². The summed E-state index contributed by atoms with van der Waals surface area (Å²) in [4.78, 5) is 2.43. The molecule has 3 unspecified atom stereocenters. The third-order valence-electron chi connectivity index (χ3n) is 6.02. The molecule has 4 heteroatoms. The van der Waals surface area contributed by atoms with E-state index >= 15 is 0 Å². The van der Waals surface area contributed by atoms with Gasteiger partial charge in [-0.25, -0.2) is 15.2 Å². The Morgan fingerprint density at radius 2 is 1.61 bits per heavy atom. The highest BCUT2D eigenvalue weighted by Gasteiger charge is 2.42. The highest BCUT2D eigenvalue weighted by molar-refractivity contribution is 5.58. The first-order valence-corrected chi connectivity index (χ1v) is 9.85. The maximum Gasteiger partial charge on any atom is 0.123 e. The molecular formula is C24H24FN3. The van der Waals surface area contributed by atoms with Crippen LogP contribution in [0.15, 0.2) is 72.8 Å². The van der Waals surface area contributed by atoms with Gasteiger partial charge in [-0.05, 0) is 41.8 Å². The summed E-state index contributed by atoms with van der Waals surface area (Å²) in [6.07, 6.45) is 0. The lowest BCUT2D eigenvalue weighted by Gasteiger charge is -2.39. The van der Waals surface area contributed by atoms with Crippen LogP contribution in [0.1, 0.15) is 34.3 Å². The molecule has 0 spiro atoms. The number of aryl methyl sites for hydroxylation is 1. The van der Waals surface area contributed by atoms with Gasteiger partial charge in [0.05, 0.1) is 12.1 Å². The van der Waals surface area contributed by atoms with Gasteiger partial charge in [0.25, 0.3) is 0 Å². The SMILES string of the molecule is Cc1ccc(C2NNC3c4ccccc4N(Cc4ccc(F)cc4)CC23)cc1. The van der Waals surface area contributed by atoms with Gasteiger partial charge in [-0.15, -0.1) is 0 Å². The first kappa shape index (κ1) is 17.4. The highest BCUT2D eigenvalue weighted by atomic mass is 19.1. The number of hydrogen-bond donors (Lipinski definition) is 2. The number of para-hydroxylation sites is 1. The maximum atomic E-state index is 13.3. The molecule has 3 aromatic carbocycles. The number of hydrogen-bond acceptors (Lipinski definition) is 3. The average Bonchev–Trinajstić information content (AvgIpc) is 3.14. The summed E-state index contributed by atoms with van der Waals surface area (Å²) >= 11 is 0. The molecule has 3 nitrogen and oxygen atoms in total. The van der Waals surface area contributed by atoms with Crippen molar-refractivity contribution in [3.05, 3.63) is 101 Å². The predicted molar refractivity (Wildman–Crippen MR) is 110 cm³/mol. The molecule has 0 radical (unpaired) electrons. The number of nitrogens with zero attached hydrogens (tertiary/aromatic N) is 1. The van der Waals surface area contributed by atoms with E-state index in [0.29, 0.717) is 5.92 Å². The second kappa shape index (κ2) is 7.04. The van der Waals surface area contributed by atoms with Crippen LogP contribution in [0.25, 0.3) is 0 Å². The number of benzene rings is 3. The van der Waals surface area contributed by atoms with Gasteiger partial charge in [0, 0.05) is 24.7 Å². The third-order valence-corrected chi connectivity index (χ3v) is 6.02. The van der Waals surface area contributed by atoms with Gasteiger partial charge in [0.1, 0.15) is 5.82 Å². The summed E-state index contributed by atoms with van der Waals surface area (Å²) in [5.41, 5.74) is 13.4. The van der Waals surface area contributed by atoms with E-state index in [1.54, 1.807) is 12.1 Å². The van der Waals surface area contributed by atoms with Gasteiger partial charge in [0.15, 0.2) is 0 Å². The Hall–Kier alpha value is -2.69. The quantitative estimate of drug-likeness (QED) is 0.699. The number of rotatable bonds is 3. The fourth-order valence-electron chi connectivity index (χ4n) is 4.56. The van der Waals surface area contributed by atoms with Crippen molar-refractivity contribution in [1.82, 2.24) is 10.9 Å². The Balaban J connectivity index is 1.48. The molecule has 0 saturated carbocycles. The lowest BCUT2D eigenvalue weighted by Crippen LogP contribution is -2.39. The molecule has 28 heavy (non-hydrogen) atoms. The number of fused-ring (bicyclic) bond motifs is 3. The molecule has 2 aliphatic heterocycles. The zero-order valence-corrected chi connectivity index (χ0v) is 15.9. The fourth-order valence-corrected chi connectivity index (χ4v) is 4.56. The van der Waals surface area contributed by atoms with Crippen molar-refractivity contribution in [2.75, 3.05) is 11.4 Å². The van der Waals surface area contributed by atoms with Crippen LogP contribution in [0.4, 0.5) is 10.1 Å². The van der Waals surface area contributed by atoms with Crippen LogP contribution in [0.2, 0.25) is 0 Å². The van der Waals surface area contributed by atoms with Gasteiger partial charge < -0.3 is 4.90 Å². The van der Waals surface area contributed by atoms with E-state index < -0.39 is 0 Å². The molecule has 1 fully saturated rings. The molecule has 5 rings (SSSR count). The Morgan fingerprint density at radius 1 is 0.893 bits per heavy atom. The van der Waals surface area contributed by atoms with Gasteiger partial charge in [-0.1, -0.05) is 60.2 Å². The van der Waals surface area contributed by atoms with Crippen LogP contribution in [0.3, 0.4) is 0 Å². The summed E-state index contributed by atoms with van der Waals surface area (Å²) in [6.45, 7) is 3.84. The summed E-state index contributed by atoms with van der Waals surface area (Å²) in [6, 6.07) is 24.8. The monoisotopic (exact) mass is 373 g/mol. The van der Waals surface area contributed by atoms with Gasteiger partial charge >= 0.3 is 0 Å². The Morgan fingerprint density at radius 3 is 2.39 bits per heavy atom. The van der Waals surface area contributed by atoms with Gasteiger partial charge in [0.2, 0.25) is 0 Å². The molecule has 2 aliphatic rings. The fraction of sp³-hybridized carbons (Fsp3) is 0.250. The van der Waals surface area contributed by atoms with E-state index in [-0.39, 0.29) is 17.9 Å².